The summed E-state index contributed by atoms with van der Waals surface area (Å²) in [4.78, 5) is 9.87. The van der Waals surface area contributed by atoms with Crippen molar-refractivity contribution in [3.8, 4) is 0 Å². The van der Waals surface area contributed by atoms with Gasteiger partial charge in [0.2, 0.25) is 5.95 Å². The third-order valence-corrected chi connectivity index (χ3v) is 5.53. The molecule has 1 aliphatic carbocycles. The molecule has 1 aromatic heterocycles. The van der Waals surface area contributed by atoms with Gasteiger partial charge in [0.25, 0.3) is 0 Å². The van der Waals surface area contributed by atoms with Crippen molar-refractivity contribution >= 4 is 22.7 Å². The van der Waals surface area contributed by atoms with Gasteiger partial charge < -0.3 is 20.1 Å². The zero-order valence-corrected chi connectivity index (χ0v) is 14.3. The van der Waals surface area contributed by atoms with Gasteiger partial charge in [0.1, 0.15) is 0 Å². The van der Waals surface area contributed by atoms with Crippen molar-refractivity contribution in [2.24, 2.45) is 0 Å². The summed E-state index contributed by atoms with van der Waals surface area (Å²) in [5, 5.41) is 0. The number of likely N-dealkylation sites (N-methyl/N-ethyl adjacent to an activating group) is 1. The Kier molecular flexibility index (Phi) is 3.68. The number of nitrogens with zero attached hydrogens (tertiary/aromatic N) is 4. The molecule has 0 unspecified atom stereocenters. The summed E-state index contributed by atoms with van der Waals surface area (Å²) < 4.78 is 2.49. The Hall–Kier alpha value is -1.75. The first kappa shape index (κ1) is 14.8. The Balaban J connectivity index is 1.83. The molecule has 1 saturated carbocycles. The molecule has 0 spiro atoms. The van der Waals surface area contributed by atoms with E-state index in [0.717, 1.165) is 48.9 Å². The van der Waals surface area contributed by atoms with E-state index in [0.29, 0.717) is 6.04 Å². The molecule has 0 bridgehead atoms. The molecule has 2 aromatic rings. The standard InChI is InChI=1S/C18H27N5/c1-13-11-16-17(12-15(13)19)23(14-5-3-4-6-14)18(20-16)22-9-7-21(2)8-10-22/h11-12,14H,3-10,19H2,1-2H3. The molecule has 5 heteroatoms. The van der Waals surface area contributed by atoms with Crippen LogP contribution < -0.4 is 10.6 Å². The van der Waals surface area contributed by atoms with Gasteiger partial charge in [-0.2, -0.15) is 0 Å². The molecular weight excluding hydrogens is 286 g/mol. The SMILES string of the molecule is Cc1cc2nc(N3CCN(C)CC3)n(C3CCCC3)c2cc1N. The van der Waals surface area contributed by atoms with Gasteiger partial charge in [-0.1, -0.05) is 12.8 Å². The van der Waals surface area contributed by atoms with E-state index in [-0.39, 0.29) is 0 Å². The minimum absolute atomic E-state index is 0.580. The fourth-order valence-electron chi connectivity index (χ4n) is 4.00. The summed E-state index contributed by atoms with van der Waals surface area (Å²) in [5.41, 5.74) is 10.5. The van der Waals surface area contributed by atoms with Gasteiger partial charge in [-0.3, -0.25) is 0 Å². The molecule has 1 saturated heterocycles. The molecule has 1 aromatic carbocycles. The number of aromatic nitrogens is 2. The molecular formula is C18H27N5. The lowest BCUT2D eigenvalue weighted by Gasteiger charge is -2.34. The summed E-state index contributed by atoms with van der Waals surface area (Å²) in [6, 6.07) is 4.86. The number of anilines is 2. The molecule has 2 N–H and O–H groups in total. The molecule has 2 aliphatic rings. The van der Waals surface area contributed by atoms with Crippen LogP contribution in [-0.4, -0.2) is 47.7 Å². The van der Waals surface area contributed by atoms with Crippen molar-refractivity contribution in [1.29, 1.82) is 0 Å². The maximum atomic E-state index is 6.20. The maximum absolute atomic E-state index is 6.20. The normalized spacial score (nSPS) is 20.7. The molecule has 124 valence electrons. The largest absolute Gasteiger partial charge is 0.398 e. The Labute approximate surface area is 138 Å². The van der Waals surface area contributed by atoms with Crippen LogP contribution in [-0.2, 0) is 0 Å². The lowest BCUT2D eigenvalue weighted by Crippen LogP contribution is -2.45. The predicted molar refractivity (Wildman–Crippen MR) is 96.1 cm³/mol. The first-order valence-electron chi connectivity index (χ1n) is 8.85. The van der Waals surface area contributed by atoms with Crippen molar-refractivity contribution < 1.29 is 0 Å². The number of hydrogen-bond donors (Lipinski definition) is 1. The van der Waals surface area contributed by atoms with Crippen molar-refractivity contribution in [2.45, 2.75) is 38.6 Å². The number of rotatable bonds is 2. The number of aryl methyl sites for hydroxylation is 1. The molecule has 0 amide bonds. The van der Waals surface area contributed by atoms with Gasteiger partial charge in [-0.25, -0.2) is 4.98 Å². The molecule has 0 atom stereocenters. The second-order valence-electron chi connectivity index (χ2n) is 7.21. The number of piperazine rings is 1. The average Bonchev–Trinajstić information content (AvgIpc) is 3.16. The van der Waals surface area contributed by atoms with Crippen LogP contribution in [0.15, 0.2) is 12.1 Å². The Morgan fingerprint density at radius 3 is 2.48 bits per heavy atom. The van der Waals surface area contributed by atoms with Crippen LogP contribution in [0.1, 0.15) is 37.3 Å². The van der Waals surface area contributed by atoms with E-state index in [9.17, 15) is 0 Å². The zero-order valence-electron chi connectivity index (χ0n) is 14.3. The monoisotopic (exact) mass is 313 g/mol. The van der Waals surface area contributed by atoms with Crippen LogP contribution >= 0.6 is 0 Å². The predicted octanol–water partition coefficient (Wildman–Crippen LogP) is 2.79. The lowest BCUT2D eigenvalue weighted by molar-refractivity contribution is 0.309. The van der Waals surface area contributed by atoms with Crippen LogP contribution in [0.2, 0.25) is 0 Å². The van der Waals surface area contributed by atoms with E-state index in [1.54, 1.807) is 0 Å². The van der Waals surface area contributed by atoms with E-state index in [1.165, 1.54) is 31.2 Å². The molecule has 2 heterocycles. The van der Waals surface area contributed by atoms with Crippen LogP contribution in [0.25, 0.3) is 11.0 Å². The van der Waals surface area contributed by atoms with Gasteiger partial charge in [0.05, 0.1) is 11.0 Å². The van der Waals surface area contributed by atoms with Gasteiger partial charge in [0, 0.05) is 37.9 Å². The number of benzene rings is 1. The van der Waals surface area contributed by atoms with Gasteiger partial charge in [-0.05, 0) is 44.5 Å². The summed E-state index contributed by atoms with van der Waals surface area (Å²) in [7, 11) is 2.20. The Bertz CT molecular complexity index is 706. The summed E-state index contributed by atoms with van der Waals surface area (Å²) in [6.07, 6.45) is 5.18. The molecule has 4 rings (SSSR count). The van der Waals surface area contributed by atoms with Crippen molar-refractivity contribution in [3.63, 3.8) is 0 Å². The highest BCUT2D eigenvalue weighted by Crippen LogP contribution is 2.37. The first-order valence-corrected chi connectivity index (χ1v) is 8.85. The van der Waals surface area contributed by atoms with Gasteiger partial charge in [-0.15, -0.1) is 0 Å². The average molecular weight is 313 g/mol. The van der Waals surface area contributed by atoms with E-state index in [1.807, 2.05) is 0 Å². The summed E-state index contributed by atoms with van der Waals surface area (Å²) >= 11 is 0. The van der Waals surface area contributed by atoms with Crippen molar-refractivity contribution in [3.05, 3.63) is 17.7 Å². The Morgan fingerprint density at radius 2 is 1.78 bits per heavy atom. The maximum Gasteiger partial charge on any atom is 0.206 e. The highest BCUT2D eigenvalue weighted by Gasteiger charge is 2.27. The number of nitrogens with two attached hydrogens (primary N) is 1. The molecule has 5 nitrogen and oxygen atoms in total. The number of hydrogen-bond acceptors (Lipinski definition) is 4. The van der Waals surface area contributed by atoms with Gasteiger partial charge in [0.15, 0.2) is 0 Å². The lowest BCUT2D eigenvalue weighted by atomic mass is 10.1. The zero-order chi connectivity index (χ0) is 16.0. The van der Waals surface area contributed by atoms with E-state index < -0.39 is 0 Å². The third kappa shape index (κ3) is 2.57. The minimum Gasteiger partial charge on any atom is -0.398 e. The fraction of sp³-hybridized carbons (Fsp3) is 0.611. The number of imidazole rings is 1. The fourth-order valence-corrected chi connectivity index (χ4v) is 4.00. The van der Waals surface area contributed by atoms with Crippen LogP contribution in [0.4, 0.5) is 11.6 Å². The van der Waals surface area contributed by atoms with Crippen molar-refractivity contribution in [1.82, 2.24) is 14.5 Å². The second kappa shape index (κ2) is 5.71. The molecule has 2 fully saturated rings. The molecule has 1 aliphatic heterocycles. The highest BCUT2D eigenvalue weighted by molar-refractivity contribution is 5.84. The van der Waals surface area contributed by atoms with Gasteiger partial charge >= 0.3 is 0 Å². The quantitative estimate of drug-likeness (QED) is 0.866. The summed E-state index contributed by atoms with van der Waals surface area (Å²) in [6.45, 7) is 6.39. The van der Waals surface area contributed by atoms with Crippen molar-refractivity contribution in [2.75, 3.05) is 43.9 Å². The van der Waals surface area contributed by atoms with E-state index in [2.05, 4.69) is 40.5 Å². The highest BCUT2D eigenvalue weighted by atomic mass is 15.4. The Morgan fingerprint density at radius 1 is 1.09 bits per heavy atom. The van der Waals surface area contributed by atoms with Crippen LogP contribution in [0, 0.1) is 6.92 Å². The van der Waals surface area contributed by atoms with Crippen LogP contribution in [0.3, 0.4) is 0 Å². The topological polar surface area (TPSA) is 50.3 Å². The van der Waals surface area contributed by atoms with E-state index >= 15 is 0 Å². The molecule has 23 heavy (non-hydrogen) atoms. The first-order chi connectivity index (χ1) is 11.1. The number of nitrogen functional groups attached to an aromatic ring is 1. The second-order valence-corrected chi connectivity index (χ2v) is 7.21. The minimum atomic E-state index is 0.580. The third-order valence-electron chi connectivity index (χ3n) is 5.53. The smallest absolute Gasteiger partial charge is 0.206 e. The summed E-state index contributed by atoms with van der Waals surface area (Å²) in [5.74, 6) is 1.16. The van der Waals surface area contributed by atoms with Crippen LogP contribution in [0.5, 0.6) is 0 Å². The number of fused-ring (bicyclic) bond motifs is 1. The molecule has 0 radical (unpaired) electrons. The van der Waals surface area contributed by atoms with E-state index in [4.69, 9.17) is 10.7 Å².